The van der Waals surface area contributed by atoms with Gasteiger partial charge in [0.2, 0.25) is 5.91 Å². The molecule has 110 valence electrons. The van der Waals surface area contributed by atoms with E-state index in [1.54, 1.807) is 0 Å². The summed E-state index contributed by atoms with van der Waals surface area (Å²) in [5.41, 5.74) is -1.00. The Bertz CT molecular complexity index is 438. The van der Waals surface area contributed by atoms with Crippen molar-refractivity contribution in [3.8, 4) is 0 Å². The van der Waals surface area contributed by atoms with Gasteiger partial charge in [-0.15, -0.1) is 0 Å². The van der Waals surface area contributed by atoms with Gasteiger partial charge in [0.05, 0.1) is 11.2 Å². The lowest BCUT2D eigenvalue weighted by molar-refractivity contribution is -0.154. The van der Waals surface area contributed by atoms with Crippen LogP contribution in [0.5, 0.6) is 0 Å². The molecule has 0 atom stereocenters. The molecule has 0 aromatic carbocycles. The first-order chi connectivity index (χ1) is 8.75. The van der Waals surface area contributed by atoms with Crippen molar-refractivity contribution in [2.75, 3.05) is 31.8 Å². The monoisotopic (exact) mass is 293 g/mol. The third-order valence-electron chi connectivity index (χ3n) is 3.23. The third-order valence-corrected chi connectivity index (χ3v) is 4.17. The maximum absolute atomic E-state index is 11.5. The molecule has 0 unspecified atom stereocenters. The van der Waals surface area contributed by atoms with Gasteiger partial charge in [-0.1, -0.05) is 0 Å². The van der Waals surface area contributed by atoms with E-state index in [9.17, 15) is 23.1 Å². The van der Waals surface area contributed by atoms with Crippen LogP contribution in [0.4, 0.5) is 0 Å². The molecule has 0 spiro atoms. The Morgan fingerprint density at radius 3 is 2.37 bits per heavy atom. The molecule has 0 bridgehead atoms. The summed E-state index contributed by atoms with van der Waals surface area (Å²) in [5, 5.41) is 11.8. The number of carbonyl (C=O) groups is 2. The fourth-order valence-electron chi connectivity index (χ4n) is 1.86. The van der Waals surface area contributed by atoms with Gasteiger partial charge in [-0.25, -0.2) is 8.42 Å². The zero-order chi connectivity index (χ0) is 14.5. The number of nitrogens with one attached hydrogen (secondary N) is 1. The number of rotatable bonds is 6. The smallest absolute Gasteiger partial charge is 0.311 e. The quantitative estimate of drug-likeness (QED) is 0.678. The van der Waals surface area contributed by atoms with E-state index in [1.807, 2.05) is 0 Å². The topological polar surface area (TPSA) is 110 Å². The highest BCUT2D eigenvalue weighted by Gasteiger charge is 2.40. The first kappa shape index (κ1) is 15.9. The average Bonchev–Trinajstić information content (AvgIpc) is 2.34. The summed E-state index contributed by atoms with van der Waals surface area (Å²) in [6.07, 6.45) is 1.59. The number of carboxylic acids is 1. The second-order valence-electron chi connectivity index (χ2n) is 4.85. The van der Waals surface area contributed by atoms with Crippen molar-refractivity contribution >= 4 is 21.7 Å². The Labute approximate surface area is 112 Å². The van der Waals surface area contributed by atoms with Crippen molar-refractivity contribution in [1.82, 2.24) is 5.32 Å². The van der Waals surface area contributed by atoms with Crippen molar-refractivity contribution in [2.45, 2.75) is 19.3 Å². The highest BCUT2D eigenvalue weighted by Crippen LogP contribution is 2.30. The van der Waals surface area contributed by atoms with E-state index in [-0.39, 0.29) is 18.7 Å². The van der Waals surface area contributed by atoms with Crippen LogP contribution in [0.15, 0.2) is 0 Å². The predicted octanol–water partition coefficient (Wildman–Crippen LogP) is -0.581. The Morgan fingerprint density at radius 1 is 1.32 bits per heavy atom. The minimum Gasteiger partial charge on any atom is -0.481 e. The lowest BCUT2D eigenvalue weighted by Gasteiger charge is -2.33. The van der Waals surface area contributed by atoms with Crippen molar-refractivity contribution in [2.24, 2.45) is 5.41 Å². The van der Waals surface area contributed by atoms with Gasteiger partial charge in [0.15, 0.2) is 0 Å². The van der Waals surface area contributed by atoms with Gasteiger partial charge in [-0.3, -0.25) is 9.59 Å². The van der Waals surface area contributed by atoms with E-state index in [2.05, 4.69) is 5.32 Å². The van der Waals surface area contributed by atoms with Crippen LogP contribution in [0.3, 0.4) is 0 Å². The summed E-state index contributed by atoms with van der Waals surface area (Å²) >= 11 is 0. The molecular weight excluding hydrogens is 274 g/mol. The van der Waals surface area contributed by atoms with Crippen molar-refractivity contribution in [3.63, 3.8) is 0 Å². The minimum absolute atomic E-state index is 0.00822. The van der Waals surface area contributed by atoms with Gasteiger partial charge >= 0.3 is 5.97 Å². The van der Waals surface area contributed by atoms with Gasteiger partial charge in [0.1, 0.15) is 9.84 Å². The fourth-order valence-corrected chi connectivity index (χ4v) is 2.42. The van der Waals surface area contributed by atoms with Crippen LogP contribution in [0.1, 0.15) is 19.3 Å². The Kier molecular flexibility index (Phi) is 5.30. The number of ether oxygens (including phenoxy) is 1. The van der Waals surface area contributed by atoms with Gasteiger partial charge in [0, 0.05) is 32.4 Å². The lowest BCUT2D eigenvalue weighted by atomic mass is 9.80. The number of carboxylic acid groups (broad SMARTS) is 1. The van der Waals surface area contributed by atoms with Gasteiger partial charge in [0.25, 0.3) is 0 Å². The largest absolute Gasteiger partial charge is 0.481 e. The van der Waals surface area contributed by atoms with E-state index < -0.39 is 27.1 Å². The molecule has 0 aromatic rings. The van der Waals surface area contributed by atoms with Gasteiger partial charge in [-0.2, -0.15) is 0 Å². The maximum Gasteiger partial charge on any atom is 0.311 e. The fraction of sp³-hybridized carbons (Fsp3) is 0.818. The number of sulfone groups is 1. The van der Waals surface area contributed by atoms with Crippen molar-refractivity contribution in [3.05, 3.63) is 0 Å². The number of amides is 1. The molecule has 0 radical (unpaired) electrons. The van der Waals surface area contributed by atoms with E-state index in [4.69, 9.17) is 4.74 Å². The number of hydrogen-bond acceptors (Lipinski definition) is 5. The Hall–Kier alpha value is -1.15. The van der Waals surface area contributed by atoms with E-state index in [0.29, 0.717) is 26.1 Å². The first-order valence-electron chi connectivity index (χ1n) is 6.01. The molecule has 0 aliphatic carbocycles. The molecule has 0 aromatic heterocycles. The number of aliphatic carboxylic acids is 1. The SMILES string of the molecule is CS(=O)(=O)CCC(=O)NCC1(C(=O)O)CCOCC1. The van der Waals surface area contributed by atoms with Crippen LogP contribution in [-0.4, -0.2) is 57.2 Å². The molecule has 8 heteroatoms. The highest BCUT2D eigenvalue weighted by molar-refractivity contribution is 7.90. The summed E-state index contributed by atoms with van der Waals surface area (Å²) in [6, 6.07) is 0. The second kappa shape index (κ2) is 6.33. The summed E-state index contributed by atoms with van der Waals surface area (Å²) in [6.45, 7) is 0.714. The second-order valence-corrected chi connectivity index (χ2v) is 7.11. The molecule has 1 aliphatic heterocycles. The zero-order valence-electron chi connectivity index (χ0n) is 10.8. The van der Waals surface area contributed by atoms with E-state index in [1.165, 1.54) is 0 Å². The molecule has 2 N–H and O–H groups in total. The van der Waals surface area contributed by atoms with Crippen molar-refractivity contribution in [1.29, 1.82) is 0 Å². The van der Waals surface area contributed by atoms with Crippen molar-refractivity contribution < 1.29 is 27.9 Å². The molecule has 0 saturated carbocycles. The van der Waals surface area contributed by atoms with Crippen LogP contribution >= 0.6 is 0 Å². The minimum atomic E-state index is -3.19. The zero-order valence-corrected chi connectivity index (χ0v) is 11.7. The maximum atomic E-state index is 11.5. The summed E-state index contributed by atoms with van der Waals surface area (Å²) < 4.78 is 27.0. The predicted molar refractivity (Wildman–Crippen MR) is 67.5 cm³/mol. The summed E-state index contributed by atoms with van der Waals surface area (Å²) in [4.78, 5) is 22.8. The number of carbonyl (C=O) groups excluding carboxylic acids is 1. The molecule has 1 fully saturated rings. The average molecular weight is 293 g/mol. The Morgan fingerprint density at radius 2 is 1.89 bits per heavy atom. The molecule has 1 heterocycles. The third kappa shape index (κ3) is 5.15. The molecule has 7 nitrogen and oxygen atoms in total. The highest BCUT2D eigenvalue weighted by atomic mass is 32.2. The van der Waals surface area contributed by atoms with E-state index in [0.717, 1.165) is 6.26 Å². The molecule has 1 amide bonds. The van der Waals surface area contributed by atoms with Crippen LogP contribution in [0.2, 0.25) is 0 Å². The molecule has 19 heavy (non-hydrogen) atoms. The van der Waals surface area contributed by atoms with Gasteiger partial charge < -0.3 is 15.2 Å². The summed E-state index contributed by atoms with van der Waals surface area (Å²) in [7, 11) is -3.19. The van der Waals surface area contributed by atoms with Crippen LogP contribution in [-0.2, 0) is 24.2 Å². The van der Waals surface area contributed by atoms with Crippen LogP contribution < -0.4 is 5.32 Å². The number of hydrogen-bond donors (Lipinski definition) is 2. The van der Waals surface area contributed by atoms with Crippen LogP contribution in [0, 0.1) is 5.41 Å². The molecular formula is C11H19NO6S. The van der Waals surface area contributed by atoms with E-state index >= 15 is 0 Å². The standard InChI is InChI=1S/C11H19NO6S/c1-19(16,17)7-2-9(13)12-8-11(10(14)15)3-5-18-6-4-11/h2-8H2,1H3,(H,12,13)(H,14,15). The molecule has 1 rings (SSSR count). The molecule has 1 aliphatic rings. The Balaban J connectivity index is 2.48. The van der Waals surface area contributed by atoms with Crippen LogP contribution in [0.25, 0.3) is 0 Å². The first-order valence-corrected chi connectivity index (χ1v) is 8.07. The molecule has 1 saturated heterocycles. The normalized spacial score (nSPS) is 18.8. The lowest BCUT2D eigenvalue weighted by Crippen LogP contribution is -2.46. The summed E-state index contributed by atoms with van der Waals surface area (Å²) in [5.74, 6) is -1.64. The van der Waals surface area contributed by atoms with Gasteiger partial charge in [-0.05, 0) is 12.8 Å².